The number of aromatic nitrogens is 1. The largest absolute Gasteiger partial charge is 0.360 e. The Morgan fingerprint density at radius 3 is 2.85 bits per heavy atom. The molecular weight excluding hydrogens is 256 g/mol. The van der Waals surface area contributed by atoms with Crippen LogP contribution in [0.15, 0.2) is 24.4 Å². The first-order valence-corrected chi connectivity index (χ1v) is 6.88. The molecule has 0 spiro atoms. The number of nitrogens with zero attached hydrogens (tertiary/aromatic N) is 1. The third-order valence-electron chi connectivity index (χ3n) is 4.34. The fraction of sp³-hybridized carbons (Fsp3) is 0.400. The van der Waals surface area contributed by atoms with E-state index in [4.69, 9.17) is 0 Å². The van der Waals surface area contributed by atoms with Crippen LogP contribution >= 0.6 is 0 Å². The van der Waals surface area contributed by atoms with Crippen molar-refractivity contribution in [3.05, 3.63) is 40.1 Å². The molecule has 5 nitrogen and oxygen atoms in total. The topological polar surface area (TPSA) is 76.0 Å². The molecule has 1 heterocycles. The number of hydrogen-bond donors (Lipinski definition) is 1. The molecule has 2 unspecified atom stereocenters. The molecule has 0 amide bonds. The van der Waals surface area contributed by atoms with Crippen LogP contribution in [0, 0.1) is 22.0 Å². The van der Waals surface area contributed by atoms with Crippen molar-refractivity contribution in [2.75, 3.05) is 0 Å². The molecule has 0 saturated heterocycles. The van der Waals surface area contributed by atoms with E-state index in [0.717, 1.165) is 19.3 Å². The van der Waals surface area contributed by atoms with Crippen LogP contribution in [-0.2, 0) is 0 Å². The Morgan fingerprint density at radius 2 is 2.20 bits per heavy atom. The Morgan fingerprint density at radius 1 is 1.40 bits per heavy atom. The lowest BCUT2D eigenvalue weighted by Gasteiger charge is -2.13. The minimum atomic E-state index is -0.426. The van der Waals surface area contributed by atoms with Gasteiger partial charge in [-0.05, 0) is 24.8 Å². The second-order valence-corrected chi connectivity index (χ2v) is 5.54. The van der Waals surface area contributed by atoms with E-state index in [0.29, 0.717) is 22.4 Å². The molecule has 3 rings (SSSR count). The van der Waals surface area contributed by atoms with Gasteiger partial charge in [0.05, 0.1) is 21.4 Å². The number of fused-ring (bicyclic) bond motifs is 1. The van der Waals surface area contributed by atoms with E-state index in [1.807, 2.05) is 0 Å². The zero-order valence-corrected chi connectivity index (χ0v) is 11.3. The highest BCUT2D eigenvalue weighted by molar-refractivity contribution is 6.11. The van der Waals surface area contributed by atoms with Gasteiger partial charge in [-0.25, -0.2) is 0 Å². The van der Waals surface area contributed by atoms with Gasteiger partial charge in [0.2, 0.25) is 0 Å². The van der Waals surface area contributed by atoms with Gasteiger partial charge in [-0.1, -0.05) is 19.4 Å². The number of carbonyl (C=O) groups is 1. The molecule has 2 atom stereocenters. The lowest BCUT2D eigenvalue weighted by atomic mass is 9.89. The van der Waals surface area contributed by atoms with Crippen LogP contribution in [0.2, 0.25) is 0 Å². The minimum Gasteiger partial charge on any atom is -0.360 e. The second kappa shape index (κ2) is 4.74. The summed E-state index contributed by atoms with van der Waals surface area (Å²) in [6.07, 6.45) is 4.61. The third-order valence-corrected chi connectivity index (χ3v) is 4.34. The number of carbonyl (C=O) groups excluding carboxylic acids is 1. The van der Waals surface area contributed by atoms with E-state index < -0.39 is 4.92 Å². The summed E-state index contributed by atoms with van der Waals surface area (Å²) in [6, 6.07) is 4.84. The molecule has 1 fully saturated rings. The summed E-state index contributed by atoms with van der Waals surface area (Å²) in [5, 5.41) is 11.6. The van der Waals surface area contributed by atoms with E-state index >= 15 is 0 Å². The molecule has 5 heteroatoms. The molecular formula is C15H16N2O3. The number of nitrogens with one attached hydrogen (secondary N) is 1. The van der Waals surface area contributed by atoms with Gasteiger partial charge in [-0.3, -0.25) is 14.9 Å². The van der Waals surface area contributed by atoms with Gasteiger partial charge in [0.25, 0.3) is 5.69 Å². The Balaban J connectivity index is 2.12. The molecule has 0 bridgehead atoms. The minimum absolute atomic E-state index is 0.00208. The Labute approximate surface area is 116 Å². The summed E-state index contributed by atoms with van der Waals surface area (Å²) in [7, 11) is 0. The number of nitro benzene ring substituents is 1. The van der Waals surface area contributed by atoms with Crippen LogP contribution in [-0.4, -0.2) is 15.7 Å². The number of nitro groups is 1. The SMILES string of the molecule is CC1CCCC1C(=O)c1c[nH]c2cccc([N+](=O)[O-])c12. The van der Waals surface area contributed by atoms with Gasteiger partial charge in [-0.2, -0.15) is 0 Å². The van der Waals surface area contributed by atoms with E-state index in [1.54, 1.807) is 18.3 Å². The second-order valence-electron chi connectivity index (χ2n) is 5.54. The lowest BCUT2D eigenvalue weighted by Crippen LogP contribution is -2.17. The molecule has 0 radical (unpaired) electrons. The summed E-state index contributed by atoms with van der Waals surface area (Å²) < 4.78 is 0. The Hall–Kier alpha value is -2.17. The average Bonchev–Trinajstić information content (AvgIpc) is 3.03. The van der Waals surface area contributed by atoms with Crippen LogP contribution in [0.25, 0.3) is 10.9 Å². The summed E-state index contributed by atoms with van der Waals surface area (Å²) in [5.74, 6) is 0.388. The van der Waals surface area contributed by atoms with Crippen molar-refractivity contribution in [2.24, 2.45) is 11.8 Å². The number of benzene rings is 1. The molecule has 1 aromatic carbocycles. The molecule has 1 aliphatic carbocycles. The third kappa shape index (κ3) is 1.90. The van der Waals surface area contributed by atoms with Crippen LogP contribution in [0.4, 0.5) is 5.69 Å². The van der Waals surface area contributed by atoms with Crippen LogP contribution < -0.4 is 0 Å². The van der Waals surface area contributed by atoms with Gasteiger partial charge in [-0.15, -0.1) is 0 Å². The summed E-state index contributed by atoms with van der Waals surface area (Å²) in [6.45, 7) is 2.08. The molecule has 1 saturated carbocycles. The molecule has 1 aromatic heterocycles. The standard InChI is InChI=1S/C15H16N2O3/c1-9-4-2-5-10(9)15(18)11-8-16-12-6-3-7-13(14(11)12)17(19)20/h3,6-10,16H,2,4-5H2,1H3. The number of ketones is 1. The van der Waals surface area contributed by atoms with Crippen molar-refractivity contribution >= 4 is 22.4 Å². The van der Waals surface area contributed by atoms with Gasteiger partial charge in [0.15, 0.2) is 5.78 Å². The molecule has 104 valence electrons. The maximum Gasteiger partial charge on any atom is 0.279 e. The summed E-state index contributed by atoms with van der Waals surface area (Å²) in [5.41, 5.74) is 1.11. The van der Waals surface area contributed by atoms with Crippen molar-refractivity contribution in [1.82, 2.24) is 4.98 Å². The number of aromatic amines is 1. The Bertz CT molecular complexity index is 689. The molecule has 0 aliphatic heterocycles. The van der Waals surface area contributed by atoms with E-state index in [9.17, 15) is 14.9 Å². The van der Waals surface area contributed by atoms with Gasteiger partial charge < -0.3 is 4.98 Å². The van der Waals surface area contributed by atoms with E-state index in [-0.39, 0.29) is 17.4 Å². The summed E-state index contributed by atoms with van der Waals surface area (Å²) >= 11 is 0. The molecule has 1 N–H and O–H groups in total. The van der Waals surface area contributed by atoms with Crippen LogP contribution in [0.3, 0.4) is 0 Å². The molecule has 20 heavy (non-hydrogen) atoms. The normalized spacial score (nSPS) is 22.2. The van der Waals surface area contributed by atoms with Crippen molar-refractivity contribution in [1.29, 1.82) is 0 Å². The lowest BCUT2D eigenvalue weighted by molar-refractivity contribution is -0.383. The maximum atomic E-state index is 12.7. The first kappa shape index (κ1) is 12.8. The van der Waals surface area contributed by atoms with Crippen LogP contribution in [0.5, 0.6) is 0 Å². The number of Topliss-reactive ketones (excluding diaryl/α,β-unsaturated/α-hetero) is 1. The predicted octanol–water partition coefficient (Wildman–Crippen LogP) is 3.70. The maximum absolute atomic E-state index is 12.7. The number of rotatable bonds is 3. The van der Waals surface area contributed by atoms with Crippen molar-refractivity contribution < 1.29 is 9.72 Å². The fourth-order valence-electron chi connectivity index (χ4n) is 3.25. The zero-order chi connectivity index (χ0) is 14.3. The average molecular weight is 272 g/mol. The van der Waals surface area contributed by atoms with E-state index in [2.05, 4.69) is 11.9 Å². The number of non-ortho nitro benzene ring substituents is 1. The van der Waals surface area contributed by atoms with Gasteiger partial charge in [0, 0.05) is 18.2 Å². The van der Waals surface area contributed by atoms with Crippen molar-refractivity contribution in [3.8, 4) is 0 Å². The van der Waals surface area contributed by atoms with Crippen molar-refractivity contribution in [3.63, 3.8) is 0 Å². The van der Waals surface area contributed by atoms with Crippen molar-refractivity contribution in [2.45, 2.75) is 26.2 Å². The monoisotopic (exact) mass is 272 g/mol. The number of H-pyrrole nitrogens is 1. The predicted molar refractivity (Wildman–Crippen MR) is 75.8 cm³/mol. The molecule has 1 aliphatic rings. The van der Waals surface area contributed by atoms with Crippen LogP contribution in [0.1, 0.15) is 36.5 Å². The summed E-state index contributed by atoms with van der Waals surface area (Å²) in [4.78, 5) is 26.4. The highest BCUT2D eigenvalue weighted by Crippen LogP contribution is 2.37. The highest BCUT2D eigenvalue weighted by atomic mass is 16.6. The van der Waals surface area contributed by atoms with E-state index in [1.165, 1.54) is 6.07 Å². The van der Waals surface area contributed by atoms with Gasteiger partial charge in [0.1, 0.15) is 0 Å². The fourth-order valence-corrected chi connectivity index (χ4v) is 3.25. The highest BCUT2D eigenvalue weighted by Gasteiger charge is 2.32. The zero-order valence-electron chi connectivity index (χ0n) is 11.3. The smallest absolute Gasteiger partial charge is 0.279 e. The Kier molecular flexibility index (Phi) is 3.04. The first-order valence-electron chi connectivity index (χ1n) is 6.88. The first-order chi connectivity index (χ1) is 9.59. The van der Waals surface area contributed by atoms with Gasteiger partial charge >= 0.3 is 0 Å². The molecule has 2 aromatic rings. The quantitative estimate of drug-likeness (QED) is 0.526. The number of hydrogen-bond acceptors (Lipinski definition) is 3.